The lowest BCUT2D eigenvalue weighted by Gasteiger charge is -2.19. The van der Waals surface area contributed by atoms with Crippen molar-refractivity contribution in [1.82, 2.24) is 15.0 Å². The highest BCUT2D eigenvalue weighted by molar-refractivity contribution is 6.33. The summed E-state index contributed by atoms with van der Waals surface area (Å²) < 4.78 is 6.97. The van der Waals surface area contributed by atoms with E-state index in [0.717, 1.165) is 5.69 Å². The van der Waals surface area contributed by atoms with Gasteiger partial charge in [-0.25, -0.2) is 0 Å². The van der Waals surface area contributed by atoms with Crippen molar-refractivity contribution < 1.29 is 9.53 Å². The largest absolute Gasteiger partial charge is 0.482 e. The van der Waals surface area contributed by atoms with Gasteiger partial charge < -0.3 is 15.4 Å². The summed E-state index contributed by atoms with van der Waals surface area (Å²) in [6.07, 6.45) is 1.82. The fourth-order valence-electron chi connectivity index (χ4n) is 1.90. The van der Waals surface area contributed by atoms with E-state index in [0.29, 0.717) is 28.7 Å². The molecule has 0 saturated carbocycles. The Bertz CT molecular complexity index is 670. The number of benzene rings is 1. The predicted molar refractivity (Wildman–Crippen MR) is 73.9 cm³/mol. The maximum Gasteiger partial charge on any atom is 0.262 e. The Hall–Kier alpha value is -2.28. The van der Waals surface area contributed by atoms with E-state index in [9.17, 15) is 4.79 Å². The zero-order chi connectivity index (χ0) is 14.1. The van der Waals surface area contributed by atoms with Gasteiger partial charge in [-0.1, -0.05) is 16.8 Å². The summed E-state index contributed by atoms with van der Waals surface area (Å²) >= 11 is 6.17. The highest BCUT2D eigenvalue weighted by Gasteiger charge is 2.18. The highest BCUT2D eigenvalue weighted by Crippen LogP contribution is 2.36. The van der Waals surface area contributed by atoms with Gasteiger partial charge in [0, 0.05) is 19.3 Å². The topological polar surface area (TPSA) is 81.1 Å². The molecule has 0 aliphatic carbocycles. The normalized spacial score (nSPS) is 13.4. The molecule has 2 heterocycles. The van der Waals surface area contributed by atoms with Crippen LogP contribution in [0.4, 0.5) is 11.4 Å². The van der Waals surface area contributed by atoms with E-state index < -0.39 is 0 Å². The van der Waals surface area contributed by atoms with Crippen molar-refractivity contribution in [2.75, 3.05) is 17.2 Å². The van der Waals surface area contributed by atoms with Crippen LogP contribution in [-0.4, -0.2) is 27.5 Å². The number of aryl methyl sites for hydroxylation is 1. The minimum atomic E-state index is -0.186. The number of fused-ring (bicyclic) bond motifs is 1. The van der Waals surface area contributed by atoms with Crippen LogP contribution in [0.1, 0.15) is 5.69 Å². The third-order valence-corrected chi connectivity index (χ3v) is 3.12. The molecule has 2 N–H and O–H groups in total. The third kappa shape index (κ3) is 2.53. The van der Waals surface area contributed by atoms with Crippen LogP contribution >= 0.6 is 11.6 Å². The molecular weight excluding hydrogens is 282 g/mol. The molecule has 2 aromatic rings. The number of aromatic nitrogens is 3. The van der Waals surface area contributed by atoms with Crippen LogP contribution in [0.3, 0.4) is 0 Å². The Morgan fingerprint density at radius 1 is 1.55 bits per heavy atom. The lowest BCUT2D eigenvalue weighted by atomic mass is 10.2. The second-order valence-electron chi connectivity index (χ2n) is 4.40. The third-order valence-electron chi connectivity index (χ3n) is 2.81. The lowest BCUT2D eigenvalue weighted by molar-refractivity contribution is -0.118. The number of nitrogens with zero attached hydrogens (tertiary/aromatic N) is 3. The second-order valence-corrected chi connectivity index (χ2v) is 4.81. The van der Waals surface area contributed by atoms with Crippen LogP contribution in [0.2, 0.25) is 5.02 Å². The summed E-state index contributed by atoms with van der Waals surface area (Å²) in [4.78, 5) is 11.2. The molecule has 104 valence electrons. The number of anilines is 2. The van der Waals surface area contributed by atoms with Crippen molar-refractivity contribution in [2.45, 2.75) is 6.54 Å². The minimum absolute atomic E-state index is 0.0121. The fourth-order valence-corrected chi connectivity index (χ4v) is 2.13. The van der Waals surface area contributed by atoms with Crippen LogP contribution in [-0.2, 0) is 18.4 Å². The van der Waals surface area contributed by atoms with E-state index in [1.165, 1.54) is 0 Å². The van der Waals surface area contributed by atoms with Crippen LogP contribution < -0.4 is 15.4 Å². The molecule has 7 nitrogen and oxygen atoms in total. The Morgan fingerprint density at radius 2 is 2.40 bits per heavy atom. The van der Waals surface area contributed by atoms with Crippen LogP contribution in [0, 0.1) is 0 Å². The SMILES string of the molecule is Cn1cc(CNc2cc3c(cc2Cl)NC(=O)CO3)nn1. The maximum absolute atomic E-state index is 11.2. The number of carbonyl (C=O) groups is 1. The van der Waals surface area contributed by atoms with Crippen LogP contribution in [0.5, 0.6) is 5.75 Å². The van der Waals surface area contributed by atoms with Gasteiger partial charge in [0.15, 0.2) is 6.61 Å². The number of nitrogens with one attached hydrogen (secondary N) is 2. The molecule has 20 heavy (non-hydrogen) atoms. The first-order valence-electron chi connectivity index (χ1n) is 5.97. The number of amides is 1. The number of hydrogen-bond donors (Lipinski definition) is 2. The minimum Gasteiger partial charge on any atom is -0.482 e. The van der Waals surface area contributed by atoms with Gasteiger partial charge in [0.25, 0.3) is 5.91 Å². The van der Waals surface area contributed by atoms with Gasteiger partial charge in [-0.05, 0) is 6.07 Å². The second kappa shape index (κ2) is 5.01. The summed E-state index contributed by atoms with van der Waals surface area (Å²) in [6, 6.07) is 3.42. The van der Waals surface area contributed by atoms with Crippen LogP contribution in [0.25, 0.3) is 0 Å². The molecule has 1 aromatic carbocycles. The summed E-state index contributed by atoms with van der Waals surface area (Å²) in [6.45, 7) is 0.511. The molecule has 1 aliphatic heterocycles. The number of ether oxygens (including phenoxy) is 1. The van der Waals surface area contributed by atoms with Crippen LogP contribution in [0.15, 0.2) is 18.3 Å². The van der Waals surface area contributed by atoms with Gasteiger partial charge >= 0.3 is 0 Å². The van der Waals surface area contributed by atoms with E-state index in [-0.39, 0.29) is 12.5 Å². The number of carbonyl (C=O) groups excluding carboxylic acids is 1. The summed E-state index contributed by atoms with van der Waals surface area (Å²) in [5, 5.41) is 14.2. The monoisotopic (exact) mass is 293 g/mol. The highest BCUT2D eigenvalue weighted by atomic mass is 35.5. The Balaban J connectivity index is 1.78. The Kier molecular flexibility index (Phi) is 3.19. The average molecular weight is 294 g/mol. The summed E-state index contributed by atoms with van der Waals surface area (Å²) in [5.41, 5.74) is 2.10. The van der Waals surface area contributed by atoms with Gasteiger partial charge in [-0.2, -0.15) is 0 Å². The van der Waals surface area contributed by atoms with Crippen molar-refractivity contribution in [3.8, 4) is 5.75 Å². The molecule has 0 unspecified atom stereocenters. The first-order valence-corrected chi connectivity index (χ1v) is 6.35. The number of hydrogen-bond acceptors (Lipinski definition) is 5. The van der Waals surface area contributed by atoms with Crippen molar-refractivity contribution in [2.24, 2.45) is 7.05 Å². The van der Waals surface area contributed by atoms with Crippen molar-refractivity contribution in [3.05, 3.63) is 29.0 Å². The molecular formula is C12H12ClN5O2. The van der Waals surface area contributed by atoms with E-state index in [4.69, 9.17) is 16.3 Å². The molecule has 0 bridgehead atoms. The lowest BCUT2D eigenvalue weighted by Crippen LogP contribution is -2.25. The molecule has 3 rings (SSSR count). The molecule has 0 spiro atoms. The van der Waals surface area contributed by atoms with Crippen molar-refractivity contribution in [3.63, 3.8) is 0 Å². The first kappa shape index (κ1) is 12.7. The van der Waals surface area contributed by atoms with E-state index in [2.05, 4.69) is 20.9 Å². The van der Waals surface area contributed by atoms with E-state index in [1.807, 2.05) is 6.20 Å². The van der Waals surface area contributed by atoms with Gasteiger partial charge in [0.1, 0.15) is 11.4 Å². The van der Waals surface area contributed by atoms with Gasteiger partial charge in [-0.3, -0.25) is 9.48 Å². The molecule has 0 fully saturated rings. The standard InChI is InChI=1S/C12H12ClN5O2/c1-18-5-7(16-17-18)4-14-9-3-11-10(2-8(9)13)15-12(19)6-20-11/h2-3,5,14H,4,6H2,1H3,(H,15,19). The molecule has 0 atom stereocenters. The molecule has 8 heteroatoms. The predicted octanol–water partition coefficient (Wildman–Crippen LogP) is 1.41. The smallest absolute Gasteiger partial charge is 0.262 e. The van der Waals surface area contributed by atoms with E-state index >= 15 is 0 Å². The quantitative estimate of drug-likeness (QED) is 0.894. The van der Waals surface area contributed by atoms with Crippen molar-refractivity contribution >= 4 is 28.9 Å². The maximum atomic E-state index is 11.2. The summed E-state index contributed by atoms with van der Waals surface area (Å²) in [7, 11) is 1.80. The average Bonchev–Trinajstić information content (AvgIpc) is 2.82. The zero-order valence-corrected chi connectivity index (χ0v) is 11.4. The molecule has 1 aromatic heterocycles. The molecule has 0 radical (unpaired) electrons. The van der Waals surface area contributed by atoms with E-state index in [1.54, 1.807) is 23.9 Å². The number of halogens is 1. The van der Waals surface area contributed by atoms with Gasteiger partial charge in [0.2, 0.25) is 0 Å². The first-order chi connectivity index (χ1) is 9.61. The fraction of sp³-hybridized carbons (Fsp3) is 0.250. The molecule has 1 aliphatic rings. The van der Waals surface area contributed by atoms with Gasteiger partial charge in [-0.15, -0.1) is 5.10 Å². The zero-order valence-electron chi connectivity index (χ0n) is 10.7. The Morgan fingerprint density at radius 3 is 3.15 bits per heavy atom. The molecule has 0 saturated heterocycles. The number of rotatable bonds is 3. The van der Waals surface area contributed by atoms with Crippen molar-refractivity contribution in [1.29, 1.82) is 0 Å². The molecule has 1 amide bonds. The Labute approximate surface area is 119 Å². The summed E-state index contributed by atoms with van der Waals surface area (Å²) in [5.74, 6) is 0.407. The van der Waals surface area contributed by atoms with Gasteiger partial charge in [0.05, 0.1) is 22.9 Å².